The van der Waals surface area contributed by atoms with E-state index in [1.807, 2.05) is 17.0 Å². The molecule has 1 saturated heterocycles. The number of para-hydroxylation sites is 2. The van der Waals surface area contributed by atoms with Gasteiger partial charge >= 0.3 is 5.76 Å². The summed E-state index contributed by atoms with van der Waals surface area (Å²) in [7, 11) is 0. The van der Waals surface area contributed by atoms with Crippen LogP contribution in [0.5, 0.6) is 0 Å². The Hall–Kier alpha value is -2.30. The van der Waals surface area contributed by atoms with E-state index in [-0.39, 0.29) is 18.5 Å². The molecule has 2 aliphatic rings. The van der Waals surface area contributed by atoms with Crippen molar-refractivity contribution in [2.75, 3.05) is 0 Å². The predicted octanol–water partition coefficient (Wildman–Crippen LogP) is 1.91. The summed E-state index contributed by atoms with van der Waals surface area (Å²) >= 11 is 0. The quantitative estimate of drug-likeness (QED) is 0.792. The van der Waals surface area contributed by atoms with Crippen molar-refractivity contribution >= 4 is 17.0 Å². The van der Waals surface area contributed by atoms with Gasteiger partial charge in [-0.2, -0.15) is 0 Å². The predicted molar refractivity (Wildman–Crippen MR) is 77.9 cm³/mol. The second-order valence-corrected chi connectivity index (χ2v) is 5.69. The molecule has 0 radical (unpaired) electrons. The maximum atomic E-state index is 12.6. The van der Waals surface area contributed by atoms with Crippen molar-refractivity contribution in [1.82, 2.24) is 9.47 Å². The molecule has 21 heavy (non-hydrogen) atoms. The van der Waals surface area contributed by atoms with Crippen molar-refractivity contribution in [3.63, 3.8) is 0 Å². The Kier molecular flexibility index (Phi) is 2.74. The van der Waals surface area contributed by atoms with E-state index in [4.69, 9.17) is 4.42 Å². The van der Waals surface area contributed by atoms with Gasteiger partial charge in [0.15, 0.2) is 5.58 Å². The maximum Gasteiger partial charge on any atom is 0.420 e. The van der Waals surface area contributed by atoms with E-state index in [1.165, 1.54) is 4.57 Å². The number of amides is 1. The standard InChI is InChI=1S/C16H16N2O3/c19-15(18-11-4-3-5-12(18)9-8-11)10-17-13-6-1-2-7-14(13)21-16(17)20/h1-4,6-7,11-12H,5,8-10H2. The molecule has 2 aliphatic heterocycles. The fourth-order valence-electron chi connectivity index (χ4n) is 3.49. The van der Waals surface area contributed by atoms with Gasteiger partial charge in [0.2, 0.25) is 5.91 Å². The maximum absolute atomic E-state index is 12.6. The van der Waals surface area contributed by atoms with E-state index in [9.17, 15) is 9.59 Å². The lowest BCUT2D eigenvalue weighted by Crippen LogP contribution is -2.44. The summed E-state index contributed by atoms with van der Waals surface area (Å²) in [6.45, 7) is 0.0523. The highest BCUT2D eigenvalue weighted by atomic mass is 16.4. The van der Waals surface area contributed by atoms with Gasteiger partial charge in [-0.1, -0.05) is 24.3 Å². The third kappa shape index (κ3) is 1.92. The van der Waals surface area contributed by atoms with Crippen LogP contribution in [-0.2, 0) is 11.3 Å². The van der Waals surface area contributed by atoms with Gasteiger partial charge in [0.25, 0.3) is 0 Å². The van der Waals surface area contributed by atoms with Crippen molar-refractivity contribution in [3.8, 4) is 0 Å². The summed E-state index contributed by atoms with van der Waals surface area (Å²) < 4.78 is 6.61. The molecule has 1 aromatic carbocycles. The van der Waals surface area contributed by atoms with Crippen LogP contribution in [0, 0.1) is 0 Å². The molecule has 0 aliphatic carbocycles. The number of carbonyl (C=O) groups is 1. The van der Waals surface area contributed by atoms with E-state index in [0.717, 1.165) is 19.3 Å². The normalized spacial score (nSPS) is 23.9. The van der Waals surface area contributed by atoms with E-state index in [1.54, 1.807) is 12.1 Å². The van der Waals surface area contributed by atoms with Crippen LogP contribution >= 0.6 is 0 Å². The fraction of sp³-hybridized carbons (Fsp3) is 0.375. The lowest BCUT2D eigenvalue weighted by molar-refractivity contribution is -0.134. The summed E-state index contributed by atoms with van der Waals surface area (Å²) in [5, 5.41) is 0. The third-order valence-corrected chi connectivity index (χ3v) is 4.47. The highest BCUT2D eigenvalue weighted by Gasteiger charge is 2.37. The van der Waals surface area contributed by atoms with Gasteiger partial charge in [0.1, 0.15) is 6.54 Å². The smallest absolute Gasteiger partial charge is 0.408 e. The van der Waals surface area contributed by atoms with Crippen LogP contribution < -0.4 is 5.76 Å². The van der Waals surface area contributed by atoms with Crippen molar-refractivity contribution in [3.05, 3.63) is 47.0 Å². The van der Waals surface area contributed by atoms with Gasteiger partial charge in [-0.25, -0.2) is 4.79 Å². The Balaban J connectivity index is 1.66. The van der Waals surface area contributed by atoms with Gasteiger partial charge in [0.05, 0.1) is 11.6 Å². The Labute approximate surface area is 121 Å². The SMILES string of the molecule is O=C(Cn1c(=O)oc2ccccc21)N1C2C=CCC1CC2. The number of carbonyl (C=O) groups excluding carboxylic acids is 1. The zero-order chi connectivity index (χ0) is 14.4. The number of hydrogen-bond donors (Lipinski definition) is 0. The Bertz CT molecular complexity index is 786. The average Bonchev–Trinajstić information content (AvgIpc) is 2.93. The molecule has 4 rings (SSSR count). The zero-order valence-electron chi connectivity index (χ0n) is 11.6. The molecule has 1 aromatic heterocycles. The molecule has 108 valence electrons. The van der Waals surface area contributed by atoms with Crippen LogP contribution in [0.1, 0.15) is 19.3 Å². The lowest BCUT2D eigenvalue weighted by atomic mass is 10.1. The number of hydrogen-bond acceptors (Lipinski definition) is 3. The van der Waals surface area contributed by atoms with E-state index >= 15 is 0 Å². The minimum atomic E-state index is -0.468. The molecule has 1 fully saturated rings. The molecule has 2 unspecified atom stereocenters. The second-order valence-electron chi connectivity index (χ2n) is 5.69. The van der Waals surface area contributed by atoms with Crippen molar-refractivity contribution < 1.29 is 9.21 Å². The number of oxazole rings is 1. The molecule has 2 bridgehead atoms. The van der Waals surface area contributed by atoms with Crippen LogP contribution in [-0.4, -0.2) is 27.5 Å². The molecule has 5 heteroatoms. The molecule has 0 N–H and O–H groups in total. The summed E-state index contributed by atoms with van der Waals surface area (Å²) in [6.07, 6.45) is 7.25. The summed E-state index contributed by atoms with van der Waals surface area (Å²) in [5.74, 6) is -0.468. The topological polar surface area (TPSA) is 55.5 Å². The monoisotopic (exact) mass is 284 g/mol. The number of rotatable bonds is 2. The third-order valence-electron chi connectivity index (χ3n) is 4.47. The largest absolute Gasteiger partial charge is 0.420 e. The average molecular weight is 284 g/mol. The molecule has 3 heterocycles. The second kappa shape index (κ2) is 4.62. The number of benzene rings is 1. The molecule has 2 aromatic rings. The van der Waals surface area contributed by atoms with Gasteiger partial charge in [-0.3, -0.25) is 9.36 Å². The molecule has 1 amide bonds. The summed E-state index contributed by atoms with van der Waals surface area (Å²) in [6, 6.07) is 7.69. The Morgan fingerprint density at radius 2 is 2.14 bits per heavy atom. The van der Waals surface area contributed by atoms with E-state index in [0.29, 0.717) is 17.1 Å². The van der Waals surface area contributed by atoms with Crippen LogP contribution in [0.4, 0.5) is 0 Å². The summed E-state index contributed by atoms with van der Waals surface area (Å²) in [5.41, 5.74) is 1.20. The first-order valence-electron chi connectivity index (χ1n) is 7.30. The Morgan fingerprint density at radius 3 is 3.00 bits per heavy atom. The van der Waals surface area contributed by atoms with E-state index < -0.39 is 5.76 Å². The zero-order valence-corrected chi connectivity index (χ0v) is 11.6. The van der Waals surface area contributed by atoms with Crippen molar-refractivity contribution in [2.45, 2.75) is 37.9 Å². The first-order valence-corrected chi connectivity index (χ1v) is 7.30. The van der Waals surface area contributed by atoms with E-state index in [2.05, 4.69) is 12.2 Å². The van der Waals surface area contributed by atoms with Crippen molar-refractivity contribution in [2.24, 2.45) is 0 Å². The Morgan fingerprint density at radius 1 is 1.29 bits per heavy atom. The first kappa shape index (κ1) is 12.4. The van der Waals surface area contributed by atoms with Crippen LogP contribution in [0.25, 0.3) is 11.1 Å². The van der Waals surface area contributed by atoms with Gasteiger partial charge in [-0.05, 0) is 31.4 Å². The number of fused-ring (bicyclic) bond motifs is 3. The van der Waals surface area contributed by atoms with Gasteiger partial charge in [0, 0.05) is 6.04 Å². The molecular weight excluding hydrogens is 268 g/mol. The van der Waals surface area contributed by atoms with Gasteiger partial charge in [-0.15, -0.1) is 0 Å². The molecule has 5 nitrogen and oxygen atoms in total. The highest BCUT2D eigenvalue weighted by Crippen LogP contribution is 2.31. The molecule has 2 atom stereocenters. The molecule has 0 saturated carbocycles. The van der Waals surface area contributed by atoms with Crippen LogP contribution in [0.3, 0.4) is 0 Å². The molecular formula is C16H16N2O3. The van der Waals surface area contributed by atoms with Crippen LogP contribution in [0.15, 0.2) is 45.6 Å². The lowest BCUT2D eigenvalue weighted by Gasteiger charge is -2.31. The fourth-order valence-corrected chi connectivity index (χ4v) is 3.49. The number of nitrogens with zero attached hydrogens (tertiary/aromatic N) is 2. The highest BCUT2D eigenvalue weighted by molar-refractivity contribution is 5.80. The summed E-state index contributed by atoms with van der Waals surface area (Å²) in [4.78, 5) is 26.5. The first-order chi connectivity index (χ1) is 10.2. The van der Waals surface area contributed by atoms with Gasteiger partial charge < -0.3 is 9.32 Å². The molecule has 0 spiro atoms. The van der Waals surface area contributed by atoms with Crippen LogP contribution in [0.2, 0.25) is 0 Å². The minimum absolute atomic E-state index is 0.000466. The van der Waals surface area contributed by atoms with Crippen molar-refractivity contribution in [1.29, 1.82) is 0 Å². The minimum Gasteiger partial charge on any atom is -0.408 e. The number of aromatic nitrogens is 1.